The second-order valence-corrected chi connectivity index (χ2v) is 7.09. The highest BCUT2D eigenvalue weighted by Gasteiger charge is 2.29. The van der Waals surface area contributed by atoms with Crippen LogP contribution in [0.1, 0.15) is 45.4 Å². The largest absolute Gasteiger partial charge is 0.478 e. The fourth-order valence-corrected chi connectivity index (χ4v) is 3.73. The predicted octanol–water partition coefficient (Wildman–Crippen LogP) is 4.65. The lowest BCUT2D eigenvalue weighted by Crippen LogP contribution is -2.03. The minimum atomic E-state index is -1.02. The van der Waals surface area contributed by atoms with Crippen LogP contribution in [0.5, 0.6) is 0 Å². The fraction of sp³-hybridized carbons (Fsp3) is 0.0833. The van der Waals surface area contributed by atoms with Crippen molar-refractivity contribution in [3.05, 3.63) is 75.7 Å². The third kappa shape index (κ3) is 3.15. The van der Waals surface area contributed by atoms with E-state index in [1.165, 1.54) is 12.1 Å². The number of nitrogen functional groups attached to an aromatic ring is 1. The third-order valence-corrected chi connectivity index (χ3v) is 5.29. The average Bonchev–Trinajstić information content (AvgIpc) is 3.31. The van der Waals surface area contributed by atoms with Gasteiger partial charge in [0.15, 0.2) is 0 Å². The molecule has 0 saturated carbocycles. The highest BCUT2D eigenvalue weighted by molar-refractivity contribution is 6.08. The number of aromatic nitrogens is 1. The van der Waals surface area contributed by atoms with Crippen LogP contribution in [0.2, 0.25) is 0 Å². The number of fused-ring (bicyclic) bond motifs is 1. The van der Waals surface area contributed by atoms with Crippen molar-refractivity contribution in [1.82, 2.24) is 4.98 Å². The van der Waals surface area contributed by atoms with Gasteiger partial charge in [0.2, 0.25) is 0 Å². The second-order valence-electron chi connectivity index (χ2n) is 7.09. The summed E-state index contributed by atoms with van der Waals surface area (Å²) in [5, 5.41) is 28.3. The number of furan rings is 1. The SMILES string of the molecule is CC1=C(C#N)c2nc(N)c(C#N)c(C)c2/C1=C\c1ccc(-c2cccc(C(=O)O)c2)o1. The smallest absolute Gasteiger partial charge is 0.335 e. The van der Waals surface area contributed by atoms with Crippen molar-refractivity contribution in [3.8, 4) is 23.5 Å². The monoisotopic (exact) mass is 408 g/mol. The molecule has 4 rings (SSSR count). The molecule has 1 aromatic carbocycles. The van der Waals surface area contributed by atoms with Gasteiger partial charge in [-0.1, -0.05) is 12.1 Å². The molecule has 1 aliphatic carbocycles. The van der Waals surface area contributed by atoms with Crippen molar-refractivity contribution in [2.24, 2.45) is 0 Å². The molecule has 0 amide bonds. The molecule has 2 aromatic heterocycles. The van der Waals surface area contributed by atoms with Gasteiger partial charge in [0.1, 0.15) is 29.5 Å². The number of carbonyl (C=O) groups is 1. The average molecular weight is 408 g/mol. The first-order valence-electron chi connectivity index (χ1n) is 9.33. The van der Waals surface area contributed by atoms with E-state index in [1.54, 1.807) is 37.3 Å². The number of carboxylic acid groups (broad SMARTS) is 1. The summed E-state index contributed by atoms with van der Waals surface area (Å²) in [5.74, 6) is 0.114. The van der Waals surface area contributed by atoms with E-state index < -0.39 is 5.97 Å². The van der Waals surface area contributed by atoms with E-state index in [2.05, 4.69) is 17.1 Å². The second kappa shape index (κ2) is 7.33. The van der Waals surface area contributed by atoms with Gasteiger partial charge in [-0.3, -0.25) is 0 Å². The van der Waals surface area contributed by atoms with Crippen LogP contribution >= 0.6 is 0 Å². The molecule has 31 heavy (non-hydrogen) atoms. The highest BCUT2D eigenvalue weighted by Crippen LogP contribution is 2.44. The van der Waals surface area contributed by atoms with Gasteiger partial charge in [-0.15, -0.1) is 0 Å². The van der Waals surface area contributed by atoms with E-state index >= 15 is 0 Å². The van der Waals surface area contributed by atoms with Gasteiger partial charge in [-0.25, -0.2) is 9.78 Å². The van der Waals surface area contributed by atoms with E-state index in [0.717, 1.165) is 5.57 Å². The maximum Gasteiger partial charge on any atom is 0.335 e. The van der Waals surface area contributed by atoms with Gasteiger partial charge >= 0.3 is 5.97 Å². The summed E-state index contributed by atoms with van der Waals surface area (Å²) in [7, 11) is 0. The molecule has 3 N–H and O–H groups in total. The number of nitrogens with zero attached hydrogens (tertiary/aromatic N) is 3. The first-order valence-corrected chi connectivity index (χ1v) is 9.33. The number of rotatable bonds is 3. The molecule has 0 bridgehead atoms. The van der Waals surface area contributed by atoms with Crippen molar-refractivity contribution in [1.29, 1.82) is 10.5 Å². The van der Waals surface area contributed by atoms with E-state index in [9.17, 15) is 20.4 Å². The molecule has 7 nitrogen and oxygen atoms in total. The predicted molar refractivity (Wildman–Crippen MR) is 115 cm³/mol. The molecule has 2 heterocycles. The first kappa shape index (κ1) is 19.7. The summed E-state index contributed by atoms with van der Waals surface area (Å²) >= 11 is 0. The number of hydrogen-bond acceptors (Lipinski definition) is 6. The number of carboxylic acids is 1. The van der Waals surface area contributed by atoms with Crippen molar-refractivity contribution >= 4 is 29.0 Å². The van der Waals surface area contributed by atoms with E-state index in [0.29, 0.717) is 45.1 Å². The maximum atomic E-state index is 11.2. The fourth-order valence-electron chi connectivity index (χ4n) is 3.73. The van der Waals surface area contributed by atoms with E-state index in [-0.39, 0.29) is 16.9 Å². The van der Waals surface area contributed by atoms with Crippen LogP contribution in [0.3, 0.4) is 0 Å². The summed E-state index contributed by atoms with van der Waals surface area (Å²) in [6.45, 7) is 3.59. The summed E-state index contributed by atoms with van der Waals surface area (Å²) in [4.78, 5) is 15.5. The van der Waals surface area contributed by atoms with Gasteiger partial charge in [0.25, 0.3) is 0 Å². The zero-order chi connectivity index (χ0) is 22.3. The van der Waals surface area contributed by atoms with Crippen molar-refractivity contribution < 1.29 is 14.3 Å². The molecule has 3 aromatic rings. The molecule has 0 unspecified atom stereocenters. The Labute approximate surface area is 178 Å². The topological polar surface area (TPSA) is 137 Å². The molecule has 0 spiro atoms. The molecule has 0 atom stereocenters. The highest BCUT2D eigenvalue weighted by atomic mass is 16.4. The normalized spacial score (nSPS) is 13.7. The molecule has 0 radical (unpaired) electrons. The Morgan fingerprint density at radius 1 is 1.19 bits per heavy atom. The number of aromatic carboxylic acids is 1. The first-order chi connectivity index (χ1) is 14.8. The maximum absolute atomic E-state index is 11.2. The lowest BCUT2D eigenvalue weighted by atomic mass is 9.96. The minimum absolute atomic E-state index is 0.0964. The summed E-state index contributed by atoms with van der Waals surface area (Å²) in [6.07, 6.45) is 1.79. The van der Waals surface area contributed by atoms with Crippen molar-refractivity contribution in [3.63, 3.8) is 0 Å². The van der Waals surface area contributed by atoms with Crippen LogP contribution in [0.25, 0.3) is 28.5 Å². The third-order valence-electron chi connectivity index (χ3n) is 5.29. The molecule has 0 saturated heterocycles. The molecule has 0 aliphatic heterocycles. The van der Waals surface area contributed by atoms with Crippen molar-refractivity contribution in [2.45, 2.75) is 13.8 Å². The van der Waals surface area contributed by atoms with Crippen LogP contribution < -0.4 is 5.73 Å². The van der Waals surface area contributed by atoms with Gasteiger partial charge < -0.3 is 15.3 Å². The van der Waals surface area contributed by atoms with Crippen molar-refractivity contribution in [2.75, 3.05) is 5.73 Å². The van der Waals surface area contributed by atoms with Gasteiger partial charge in [0, 0.05) is 11.1 Å². The van der Waals surface area contributed by atoms with Crippen LogP contribution in [-0.4, -0.2) is 16.1 Å². The number of hydrogen-bond donors (Lipinski definition) is 2. The molecule has 150 valence electrons. The van der Waals surface area contributed by atoms with Crippen LogP contribution in [0, 0.1) is 29.6 Å². The number of pyridine rings is 1. The van der Waals surface area contributed by atoms with Crippen LogP contribution in [0.15, 0.2) is 46.4 Å². The number of nitriles is 2. The number of allylic oxidation sites excluding steroid dienone is 3. The van der Waals surface area contributed by atoms with Crippen LogP contribution in [0.4, 0.5) is 5.82 Å². The Bertz CT molecular complexity index is 1410. The van der Waals surface area contributed by atoms with E-state index in [1.807, 2.05) is 6.92 Å². The Morgan fingerprint density at radius 2 is 1.97 bits per heavy atom. The van der Waals surface area contributed by atoms with Gasteiger partial charge in [-0.05, 0) is 60.9 Å². The molecular weight excluding hydrogens is 392 g/mol. The standard InChI is InChI=1S/C24H16N4O3/c1-12-17(21-13(2)19(11-26)23(27)28-22(21)18(12)10-25)9-16-6-7-20(31-16)14-4-3-5-15(8-14)24(29)30/h3-9H,1-2H3,(H2,27,28)(H,29,30)/b17-9-. The number of nitrogens with two attached hydrogens (primary N) is 1. The summed E-state index contributed by atoms with van der Waals surface area (Å²) in [5.41, 5.74) is 10.7. The zero-order valence-corrected chi connectivity index (χ0v) is 16.7. The Hall–Kier alpha value is -4.62. The van der Waals surface area contributed by atoms with Crippen LogP contribution in [-0.2, 0) is 0 Å². The molecule has 1 aliphatic rings. The minimum Gasteiger partial charge on any atom is -0.478 e. The van der Waals surface area contributed by atoms with Gasteiger partial charge in [-0.2, -0.15) is 10.5 Å². The molecular formula is C24H16N4O3. The Morgan fingerprint density at radius 3 is 2.65 bits per heavy atom. The quantitative estimate of drug-likeness (QED) is 0.643. The zero-order valence-electron chi connectivity index (χ0n) is 16.7. The molecule has 0 fully saturated rings. The summed E-state index contributed by atoms with van der Waals surface area (Å²) < 4.78 is 5.93. The Kier molecular flexibility index (Phi) is 4.65. The number of benzene rings is 1. The Balaban J connectivity index is 1.84. The number of anilines is 1. The summed E-state index contributed by atoms with van der Waals surface area (Å²) in [6, 6.07) is 14.2. The molecule has 7 heteroatoms. The van der Waals surface area contributed by atoms with Gasteiger partial charge in [0.05, 0.1) is 22.4 Å². The lowest BCUT2D eigenvalue weighted by molar-refractivity contribution is 0.0697. The van der Waals surface area contributed by atoms with E-state index in [4.69, 9.17) is 10.2 Å². The lowest BCUT2D eigenvalue weighted by Gasteiger charge is -2.10.